The van der Waals surface area contributed by atoms with Crippen molar-refractivity contribution in [2.45, 2.75) is 0 Å². The third kappa shape index (κ3) is 1.84. The summed E-state index contributed by atoms with van der Waals surface area (Å²) >= 11 is 0. The number of aliphatic imine (C=N–C) groups is 1. The van der Waals surface area contributed by atoms with Crippen LogP contribution < -0.4 is 10.6 Å². The molecule has 0 atom stereocenters. The van der Waals surface area contributed by atoms with Crippen molar-refractivity contribution in [3.8, 4) is 0 Å². The number of nitrogens with two attached hydrogens (primary N) is 1. The van der Waals surface area contributed by atoms with Crippen LogP contribution in [0.25, 0.3) is 0 Å². The number of carbonyl (C=O) groups excluding carboxylic acids is 3. The molecule has 2 rings (SSSR count). The second-order valence-corrected chi connectivity index (χ2v) is 3.30. The molecule has 1 aromatic rings. The van der Waals surface area contributed by atoms with E-state index in [9.17, 15) is 14.4 Å². The fourth-order valence-corrected chi connectivity index (χ4v) is 1.50. The lowest BCUT2D eigenvalue weighted by Crippen LogP contribution is -2.29. The number of hydrogen-bond donors (Lipinski definition) is 1. The molecule has 1 aliphatic heterocycles. The SMILES string of the molecule is Nc1ccc(N=C=O)c(N2C(=O)C=CC2=O)c1. The minimum absolute atomic E-state index is 0.166. The van der Waals surface area contributed by atoms with Crippen LogP contribution in [0.5, 0.6) is 0 Å². The van der Waals surface area contributed by atoms with Gasteiger partial charge in [-0.1, -0.05) is 0 Å². The van der Waals surface area contributed by atoms with Crippen molar-refractivity contribution < 1.29 is 14.4 Å². The van der Waals surface area contributed by atoms with Crippen LogP contribution in [0.1, 0.15) is 0 Å². The van der Waals surface area contributed by atoms with Gasteiger partial charge < -0.3 is 5.73 Å². The third-order valence-corrected chi connectivity index (χ3v) is 2.22. The van der Waals surface area contributed by atoms with Crippen molar-refractivity contribution in [2.75, 3.05) is 10.6 Å². The van der Waals surface area contributed by atoms with Gasteiger partial charge in [0.1, 0.15) is 5.69 Å². The zero-order valence-corrected chi connectivity index (χ0v) is 8.58. The second kappa shape index (κ2) is 4.03. The summed E-state index contributed by atoms with van der Waals surface area (Å²) in [6.07, 6.45) is 3.64. The smallest absolute Gasteiger partial charge is 0.258 e. The summed E-state index contributed by atoms with van der Waals surface area (Å²) in [5, 5.41) is 0. The van der Waals surface area contributed by atoms with Crippen molar-refractivity contribution in [3.05, 3.63) is 30.4 Å². The van der Waals surface area contributed by atoms with E-state index in [4.69, 9.17) is 5.73 Å². The molecule has 2 N–H and O–H groups in total. The molecule has 0 saturated heterocycles. The van der Waals surface area contributed by atoms with Gasteiger partial charge in [-0.3, -0.25) is 9.59 Å². The van der Waals surface area contributed by atoms with Gasteiger partial charge in [0.15, 0.2) is 0 Å². The Hall–Kier alpha value is -2.72. The van der Waals surface area contributed by atoms with Crippen LogP contribution in [0.2, 0.25) is 0 Å². The van der Waals surface area contributed by atoms with Crippen LogP contribution in [0.3, 0.4) is 0 Å². The van der Waals surface area contributed by atoms with Gasteiger partial charge in [0.2, 0.25) is 6.08 Å². The van der Waals surface area contributed by atoms with Gasteiger partial charge in [0.25, 0.3) is 11.8 Å². The molecule has 1 heterocycles. The summed E-state index contributed by atoms with van der Waals surface area (Å²) in [5.74, 6) is -0.995. The summed E-state index contributed by atoms with van der Waals surface area (Å²) in [7, 11) is 0. The highest BCUT2D eigenvalue weighted by atomic mass is 16.2. The van der Waals surface area contributed by atoms with Gasteiger partial charge in [-0.25, -0.2) is 9.69 Å². The molecule has 0 aliphatic carbocycles. The van der Waals surface area contributed by atoms with Crippen LogP contribution in [-0.2, 0) is 14.4 Å². The fraction of sp³-hybridized carbons (Fsp3) is 0. The Bertz CT molecular complexity index is 568. The van der Waals surface area contributed by atoms with E-state index in [0.717, 1.165) is 17.1 Å². The molecule has 0 aromatic heterocycles. The largest absolute Gasteiger partial charge is 0.399 e. The van der Waals surface area contributed by atoms with Crippen molar-refractivity contribution >= 4 is 35.0 Å². The highest BCUT2D eigenvalue weighted by Gasteiger charge is 2.27. The lowest BCUT2D eigenvalue weighted by molar-refractivity contribution is -0.119. The van der Waals surface area contributed by atoms with E-state index in [-0.39, 0.29) is 11.4 Å². The first-order valence-electron chi connectivity index (χ1n) is 4.67. The molecule has 0 spiro atoms. The Morgan fingerprint density at radius 3 is 2.41 bits per heavy atom. The van der Waals surface area contributed by atoms with Crippen LogP contribution in [0.15, 0.2) is 35.3 Å². The first-order valence-corrected chi connectivity index (χ1v) is 4.67. The minimum atomic E-state index is -0.497. The van der Waals surface area contributed by atoms with Crippen LogP contribution in [-0.4, -0.2) is 17.9 Å². The quantitative estimate of drug-likeness (QED) is 0.349. The summed E-state index contributed by atoms with van der Waals surface area (Å²) < 4.78 is 0. The van der Waals surface area contributed by atoms with Gasteiger partial charge in [0.05, 0.1) is 5.69 Å². The van der Waals surface area contributed by atoms with E-state index in [1.807, 2.05) is 0 Å². The van der Waals surface area contributed by atoms with Crippen molar-refractivity contribution in [1.82, 2.24) is 0 Å². The minimum Gasteiger partial charge on any atom is -0.399 e. The molecule has 0 saturated carbocycles. The summed E-state index contributed by atoms with van der Waals surface area (Å²) in [4.78, 5) is 37.6. The van der Waals surface area contributed by atoms with Crippen molar-refractivity contribution in [1.29, 1.82) is 0 Å². The fourth-order valence-electron chi connectivity index (χ4n) is 1.50. The normalized spacial score (nSPS) is 14.0. The zero-order valence-electron chi connectivity index (χ0n) is 8.58. The molecule has 0 radical (unpaired) electrons. The number of isocyanates is 1. The van der Waals surface area contributed by atoms with E-state index in [1.165, 1.54) is 24.3 Å². The van der Waals surface area contributed by atoms with Gasteiger partial charge in [-0.05, 0) is 18.2 Å². The third-order valence-electron chi connectivity index (χ3n) is 2.22. The van der Waals surface area contributed by atoms with Crippen LogP contribution in [0.4, 0.5) is 17.1 Å². The Kier molecular flexibility index (Phi) is 2.56. The van der Waals surface area contributed by atoms with Crippen molar-refractivity contribution in [2.24, 2.45) is 4.99 Å². The second-order valence-electron chi connectivity index (χ2n) is 3.30. The molecule has 1 aromatic carbocycles. The van der Waals surface area contributed by atoms with Crippen LogP contribution in [0, 0.1) is 0 Å². The van der Waals surface area contributed by atoms with Crippen molar-refractivity contribution in [3.63, 3.8) is 0 Å². The van der Waals surface area contributed by atoms with Gasteiger partial charge in [0, 0.05) is 17.8 Å². The molecule has 6 heteroatoms. The van der Waals surface area contributed by atoms with Crippen LogP contribution >= 0.6 is 0 Å². The molecule has 0 fully saturated rings. The number of rotatable bonds is 2. The predicted octanol–water partition coefficient (Wildman–Crippen LogP) is 0.665. The lowest BCUT2D eigenvalue weighted by atomic mass is 10.2. The maximum atomic E-state index is 11.5. The molecule has 84 valence electrons. The maximum Gasteiger partial charge on any atom is 0.258 e. The zero-order chi connectivity index (χ0) is 12.4. The summed E-state index contributed by atoms with van der Waals surface area (Å²) in [6, 6.07) is 4.35. The topological polar surface area (TPSA) is 92.8 Å². The highest BCUT2D eigenvalue weighted by molar-refractivity contribution is 6.29. The number of carbonyl (C=O) groups is 2. The molecule has 0 bridgehead atoms. The van der Waals surface area contributed by atoms with Gasteiger partial charge >= 0.3 is 0 Å². The first kappa shape index (κ1) is 10.8. The number of amides is 2. The molecule has 2 amide bonds. The predicted molar refractivity (Wildman–Crippen MR) is 60.3 cm³/mol. The maximum absolute atomic E-state index is 11.5. The Balaban J connectivity index is 2.57. The average Bonchev–Trinajstić information content (AvgIpc) is 2.62. The Labute approximate surface area is 96.0 Å². The Morgan fingerprint density at radius 2 is 1.82 bits per heavy atom. The number of imide groups is 1. The number of nitrogens with zero attached hydrogens (tertiary/aromatic N) is 2. The molecular weight excluding hydrogens is 222 g/mol. The van der Waals surface area contributed by atoms with E-state index < -0.39 is 11.8 Å². The first-order chi connectivity index (χ1) is 8.13. The van der Waals surface area contributed by atoms with E-state index >= 15 is 0 Å². The number of anilines is 2. The number of nitrogen functional groups attached to an aromatic ring is 1. The monoisotopic (exact) mass is 229 g/mol. The molecule has 0 unspecified atom stereocenters. The molecule has 6 nitrogen and oxygen atoms in total. The molecular formula is C11H7N3O3. The number of benzene rings is 1. The highest BCUT2D eigenvalue weighted by Crippen LogP contribution is 2.32. The van der Waals surface area contributed by atoms with Gasteiger partial charge in [-0.2, -0.15) is 4.99 Å². The molecule has 1 aliphatic rings. The standard InChI is InChI=1S/C11H7N3O3/c12-7-1-2-8(13-6-15)9(5-7)14-10(16)3-4-11(14)17/h1-5H,12H2. The van der Waals surface area contributed by atoms with Gasteiger partial charge in [-0.15, -0.1) is 0 Å². The lowest BCUT2D eigenvalue weighted by Gasteiger charge is -2.15. The Morgan fingerprint density at radius 1 is 1.18 bits per heavy atom. The number of hydrogen-bond acceptors (Lipinski definition) is 5. The molecule has 17 heavy (non-hydrogen) atoms. The van der Waals surface area contributed by atoms with E-state index in [2.05, 4.69) is 4.99 Å². The van der Waals surface area contributed by atoms with E-state index in [1.54, 1.807) is 0 Å². The average molecular weight is 229 g/mol. The summed E-state index contributed by atoms with van der Waals surface area (Å²) in [5.41, 5.74) is 6.27. The van der Waals surface area contributed by atoms with E-state index in [0.29, 0.717) is 5.69 Å². The summed E-state index contributed by atoms with van der Waals surface area (Å²) in [6.45, 7) is 0.